The maximum absolute atomic E-state index is 11.8. The summed E-state index contributed by atoms with van der Waals surface area (Å²) >= 11 is 0. The van der Waals surface area contributed by atoms with Crippen molar-refractivity contribution in [1.29, 1.82) is 0 Å². The lowest BCUT2D eigenvalue weighted by Gasteiger charge is -2.28. The molecule has 1 amide bonds. The Bertz CT molecular complexity index is 487. The molecule has 6 heteroatoms. The fourth-order valence-electron chi connectivity index (χ4n) is 1.99. The number of rotatable bonds is 8. The zero-order valence-electron chi connectivity index (χ0n) is 13.2. The molecule has 2 N–H and O–H groups in total. The largest absolute Gasteiger partial charge is 0.481 e. The van der Waals surface area contributed by atoms with Crippen LogP contribution in [-0.2, 0) is 20.9 Å². The van der Waals surface area contributed by atoms with Crippen molar-refractivity contribution >= 4 is 12.1 Å². The monoisotopic (exact) mass is 309 g/mol. The van der Waals surface area contributed by atoms with Gasteiger partial charge in [-0.25, -0.2) is 4.79 Å². The Hall–Kier alpha value is -2.08. The van der Waals surface area contributed by atoms with Crippen molar-refractivity contribution < 1.29 is 24.2 Å². The molecular weight excluding hydrogens is 286 g/mol. The van der Waals surface area contributed by atoms with Crippen LogP contribution in [0, 0.1) is 0 Å². The van der Waals surface area contributed by atoms with Crippen molar-refractivity contribution in [3.8, 4) is 0 Å². The fourth-order valence-corrected chi connectivity index (χ4v) is 1.99. The highest BCUT2D eigenvalue weighted by Crippen LogP contribution is 2.17. The van der Waals surface area contributed by atoms with E-state index in [-0.39, 0.29) is 13.0 Å². The molecule has 1 rings (SSSR count). The van der Waals surface area contributed by atoms with E-state index in [1.54, 1.807) is 7.11 Å². The Morgan fingerprint density at radius 1 is 1.27 bits per heavy atom. The molecule has 1 aromatic carbocycles. The van der Waals surface area contributed by atoms with Gasteiger partial charge in [0.15, 0.2) is 0 Å². The first kappa shape index (κ1) is 18.0. The van der Waals surface area contributed by atoms with Gasteiger partial charge >= 0.3 is 12.1 Å². The van der Waals surface area contributed by atoms with Crippen LogP contribution in [0.1, 0.15) is 32.3 Å². The molecule has 0 saturated heterocycles. The molecule has 1 unspecified atom stereocenters. The van der Waals surface area contributed by atoms with Gasteiger partial charge in [-0.1, -0.05) is 30.3 Å². The molecule has 0 aromatic heterocycles. The summed E-state index contributed by atoms with van der Waals surface area (Å²) in [5.41, 5.74) is 0.331. The van der Waals surface area contributed by atoms with Gasteiger partial charge in [-0.05, 0) is 25.8 Å². The summed E-state index contributed by atoms with van der Waals surface area (Å²) in [5, 5.41) is 11.5. The van der Waals surface area contributed by atoms with Crippen molar-refractivity contribution in [3.05, 3.63) is 35.9 Å². The smallest absolute Gasteiger partial charge is 0.407 e. The number of methoxy groups -OCH3 is 1. The molecular formula is C16H23NO5. The summed E-state index contributed by atoms with van der Waals surface area (Å²) in [6.07, 6.45) is -0.453. The minimum absolute atomic E-state index is 0.139. The minimum Gasteiger partial charge on any atom is -0.481 e. The number of carbonyl (C=O) groups excluding carboxylic acids is 1. The summed E-state index contributed by atoms with van der Waals surface area (Å²) in [6.45, 7) is 3.80. The number of carboxylic acid groups (broad SMARTS) is 1. The van der Waals surface area contributed by atoms with Crippen molar-refractivity contribution in [2.75, 3.05) is 7.11 Å². The van der Waals surface area contributed by atoms with Crippen molar-refractivity contribution in [2.45, 2.75) is 44.9 Å². The summed E-state index contributed by atoms with van der Waals surface area (Å²) in [6, 6.07) is 8.71. The number of ether oxygens (including phenoxy) is 2. The Morgan fingerprint density at radius 3 is 2.45 bits per heavy atom. The topological polar surface area (TPSA) is 84.9 Å². The molecule has 0 aliphatic heterocycles. The predicted molar refractivity (Wildman–Crippen MR) is 81.5 cm³/mol. The van der Waals surface area contributed by atoms with E-state index in [0.29, 0.717) is 6.42 Å². The molecule has 0 spiro atoms. The second-order valence-electron chi connectivity index (χ2n) is 5.67. The summed E-state index contributed by atoms with van der Waals surface area (Å²) in [7, 11) is 1.55. The second kappa shape index (κ2) is 8.38. The van der Waals surface area contributed by atoms with Crippen LogP contribution in [0.4, 0.5) is 4.79 Å². The zero-order chi connectivity index (χ0) is 16.6. The van der Waals surface area contributed by atoms with Crippen LogP contribution in [0.15, 0.2) is 30.3 Å². The highest BCUT2D eigenvalue weighted by molar-refractivity contribution is 5.71. The first-order valence-electron chi connectivity index (χ1n) is 7.06. The predicted octanol–water partition coefficient (Wildman–Crippen LogP) is 2.57. The highest BCUT2D eigenvalue weighted by atomic mass is 16.5. The maximum atomic E-state index is 11.8. The quantitative estimate of drug-likeness (QED) is 0.771. The van der Waals surface area contributed by atoms with Gasteiger partial charge in [0.2, 0.25) is 0 Å². The van der Waals surface area contributed by atoms with E-state index in [9.17, 15) is 9.59 Å². The minimum atomic E-state index is -0.986. The number of benzene rings is 1. The van der Waals surface area contributed by atoms with Crippen LogP contribution in [0.5, 0.6) is 0 Å². The van der Waals surface area contributed by atoms with Gasteiger partial charge in [-0.2, -0.15) is 0 Å². The number of alkyl carbamates (subject to hydrolysis) is 1. The van der Waals surface area contributed by atoms with E-state index in [2.05, 4.69) is 5.32 Å². The lowest BCUT2D eigenvalue weighted by atomic mass is 9.97. The van der Waals surface area contributed by atoms with E-state index >= 15 is 0 Å². The number of carboxylic acids is 1. The average molecular weight is 309 g/mol. The van der Waals surface area contributed by atoms with Crippen molar-refractivity contribution in [1.82, 2.24) is 5.32 Å². The Balaban J connectivity index is 2.53. The summed E-state index contributed by atoms with van der Waals surface area (Å²) in [5.74, 6) is -0.986. The van der Waals surface area contributed by atoms with Crippen LogP contribution in [0.2, 0.25) is 0 Å². The van der Waals surface area contributed by atoms with Crippen molar-refractivity contribution in [3.63, 3.8) is 0 Å². The van der Waals surface area contributed by atoms with Crippen LogP contribution in [-0.4, -0.2) is 35.9 Å². The Labute approximate surface area is 130 Å². The Kier molecular flexibility index (Phi) is 6.85. The van der Waals surface area contributed by atoms with Gasteiger partial charge in [-0.3, -0.25) is 4.79 Å². The summed E-state index contributed by atoms with van der Waals surface area (Å²) < 4.78 is 10.4. The van der Waals surface area contributed by atoms with Crippen molar-refractivity contribution in [2.24, 2.45) is 0 Å². The van der Waals surface area contributed by atoms with E-state index in [0.717, 1.165) is 5.56 Å². The molecule has 0 aliphatic rings. The molecule has 0 heterocycles. The Morgan fingerprint density at radius 2 is 1.91 bits per heavy atom. The van der Waals surface area contributed by atoms with E-state index in [1.807, 2.05) is 44.2 Å². The first-order valence-corrected chi connectivity index (χ1v) is 7.06. The third kappa shape index (κ3) is 7.08. The van der Waals surface area contributed by atoms with E-state index in [4.69, 9.17) is 14.6 Å². The number of amides is 1. The molecule has 0 fully saturated rings. The number of aliphatic carboxylic acids is 1. The average Bonchev–Trinajstić information content (AvgIpc) is 2.45. The van der Waals surface area contributed by atoms with Gasteiger partial charge in [-0.15, -0.1) is 0 Å². The highest BCUT2D eigenvalue weighted by Gasteiger charge is 2.26. The van der Waals surface area contributed by atoms with Gasteiger partial charge in [0, 0.05) is 13.2 Å². The van der Waals surface area contributed by atoms with Gasteiger partial charge in [0.05, 0.1) is 12.0 Å². The third-order valence-corrected chi connectivity index (χ3v) is 3.25. The molecule has 6 nitrogen and oxygen atoms in total. The molecule has 0 radical (unpaired) electrons. The molecule has 122 valence electrons. The maximum Gasteiger partial charge on any atom is 0.407 e. The number of hydrogen-bond donors (Lipinski definition) is 2. The van der Waals surface area contributed by atoms with Crippen LogP contribution in [0.25, 0.3) is 0 Å². The third-order valence-electron chi connectivity index (χ3n) is 3.25. The van der Waals surface area contributed by atoms with Gasteiger partial charge in [0.25, 0.3) is 0 Å². The summed E-state index contributed by atoms with van der Waals surface area (Å²) in [4.78, 5) is 22.7. The van der Waals surface area contributed by atoms with E-state index in [1.165, 1.54) is 0 Å². The van der Waals surface area contributed by atoms with Gasteiger partial charge in [0.1, 0.15) is 6.61 Å². The first-order chi connectivity index (χ1) is 10.3. The number of carbonyl (C=O) groups is 2. The molecule has 0 aliphatic carbocycles. The van der Waals surface area contributed by atoms with Crippen LogP contribution in [0.3, 0.4) is 0 Å². The molecule has 1 atom stereocenters. The number of nitrogens with one attached hydrogen (secondary N) is 1. The second-order valence-corrected chi connectivity index (χ2v) is 5.67. The molecule has 0 bridgehead atoms. The lowest BCUT2D eigenvalue weighted by Crippen LogP contribution is -2.42. The lowest BCUT2D eigenvalue weighted by molar-refractivity contribution is -0.137. The SMILES string of the molecule is COC(C)(C)CC(CC(=O)O)NC(=O)OCc1ccccc1. The number of hydrogen-bond acceptors (Lipinski definition) is 4. The molecule has 0 saturated carbocycles. The van der Waals surface area contributed by atoms with E-state index < -0.39 is 23.7 Å². The standard InChI is InChI=1S/C16H23NO5/c1-16(2,21-3)10-13(9-14(18)19)17-15(20)22-11-12-7-5-4-6-8-12/h4-8,13H,9-11H2,1-3H3,(H,17,20)(H,18,19). The van der Waals surface area contributed by atoms with Crippen LogP contribution >= 0.6 is 0 Å². The molecule has 22 heavy (non-hydrogen) atoms. The van der Waals surface area contributed by atoms with Gasteiger partial charge < -0.3 is 19.9 Å². The zero-order valence-corrected chi connectivity index (χ0v) is 13.2. The fraction of sp³-hybridized carbons (Fsp3) is 0.500. The van der Waals surface area contributed by atoms with Crippen LogP contribution < -0.4 is 5.32 Å². The molecule has 1 aromatic rings. The normalized spacial score (nSPS) is 12.5.